The van der Waals surface area contributed by atoms with Crippen LogP contribution in [0.1, 0.15) is 29.2 Å². The molecule has 0 aromatic heterocycles. The van der Waals surface area contributed by atoms with E-state index in [4.69, 9.17) is 21.1 Å². The topological polar surface area (TPSA) is 84.9 Å². The molecule has 0 radical (unpaired) electrons. The normalized spacial score (nSPS) is 14.2. The summed E-state index contributed by atoms with van der Waals surface area (Å²) in [5.41, 5.74) is 3.95. The predicted octanol–water partition coefficient (Wildman–Crippen LogP) is 6.75. The maximum atomic E-state index is 13.4. The van der Waals surface area contributed by atoms with Gasteiger partial charge < -0.3 is 14.8 Å². The number of anilines is 1. The van der Waals surface area contributed by atoms with Gasteiger partial charge in [-0.1, -0.05) is 29.8 Å². The molecule has 0 aliphatic carbocycles. The van der Waals surface area contributed by atoms with Crippen molar-refractivity contribution in [1.82, 2.24) is 4.90 Å². The summed E-state index contributed by atoms with van der Waals surface area (Å²) >= 11 is 6.87. The molecule has 1 saturated heterocycles. The van der Waals surface area contributed by atoms with Crippen LogP contribution in [-0.2, 0) is 16.1 Å². The van der Waals surface area contributed by atoms with Crippen molar-refractivity contribution in [3.8, 4) is 11.5 Å². The third kappa shape index (κ3) is 6.99. The van der Waals surface area contributed by atoms with Gasteiger partial charge in [-0.3, -0.25) is 19.3 Å². The van der Waals surface area contributed by atoms with Crippen molar-refractivity contribution < 1.29 is 28.2 Å². The van der Waals surface area contributed by atoms with E-state index >= 15 is 0 Å². The molecule has 1 aliphatic rings. The summed E-state index contributed by atoms with van der Waals surface area (Å²) in [4.78, 5) is 39.2. The molecule has 0 unspecified atom stereocenters. The fraction of sp³-hybridized carbons (Fsp3) is 0.207. The molecule has 4 rings (SSSR count). The van der Waals surface area contributed by atoms with Crippen LogP contribution in [0.25, 0.3) is 6.08 Å². The number of rotatable bonds is 9. The van der Waals surface area contributed by atoms with E-state index in [1.165, 1.54) is 12.1 Å². The molecule has 202 valence electrons. The Morgan fingerprint density at radius 3 is 2.54 bits per heavy atom. The van der Waals surface area contributed by atoms with Crippen molar-refractivity contribution >= 4 is 52.2 Å². The summed E-state index contributed by atoms with van der Waals surface area (Å²) in [6.45, 7) is 5.84. The Hall–Kier alpha value is -3.82. The van der Waals surface area contributed by atoms with Gasteiger partial charge in [-0.15, -0.1) is 0 Å². The summed E-state index contributed by atoms with van der Waals surface area (Å²) in [6, 6.07) is 14.5. The van der Waals surface area contributed by atoms with Gasteiger partial charge in [0.2, 0.25) is 0 Å². The van der Waals surface area contributed by atoms with Crippen LogP contribution in [0.4, 0.5) is 14.9 Å². The van der Waals surface area contributed by atoms with Crippen LogP contribution < -0.4 is 14.8 Å². The molecule has 3 aromatic carbocycles. The molecule has 0 saturated carbocycles. The van der Waals surface area contributed by atoms with Gasteiger partial charge in [0.25, 0.3) is 17.1 Å². The minimum atomic E-state index is -0.503. The number of carbonyl (C=O) groups excluding carboxylic acids is 3. The molecular weight excluding hydrogens is 543 g/mol. The summed E-state index contributed by atoms with van der Waals surface area (Å²) in [7, 11) is 0. The number of amides is 3. The highest BCUT2D eigenvalue weighted by Gasteiger charge is 2.35. The zero-order chi connectivity index (χ0) is 28.1. The lowest BCUT2D eigenvalue weighted by atomic mass is 10.1. The molecule has 39 heavy (non-hydrogen) atoms. The molecular formula is C29H26ClFN2O5S. The smallest absolute Gasteiger partial charge is 0.293 e. The molecule has 7 nitrogen and oxygen atoms in total. The number of thioether (sulfide) groups is 1. The number of aryl methyl sites for hydroxylation is 2. The van der Waals surface area contributed by atoms with E-state index in [0.29, 0.717) is 34.9 Å². The Morgan fingerprint density at radius 2 is 1.82 bits per heavy atom. The standard InChI is InChI=1S/C29H26ClFN2O5S/c1-4-37-25-12-19(6-10-24(25)38-16-27(34)32-22-9-5-17(2)18(3)11-22)13-26-28(35)33(29(36)39-26)15-20-7-8-21(31)14-23(20)30/h5-14H,4,15-16H2,1-3H3,(H,32,34)/b26-13+. The maximum absolute atomic E-state index is 13.4. The average Bonchev–Trinajstić information content (AvgIpc) is 3.14. The van der Waals surface area contributed by atoms with Gasteiger partial charge in [-0.05, 0) is 97.3 Å². The van der Waals surface area contributed by atoms with Crippen molar-refractivity contribution in [3.05, 3.63) is 92.6 Å². The predicted molar refractivity (Wildman–Crippen MR) is 151 cm³/mol. The number of hydrogen-bond acceptors (Lipinski definition) is 6. The Bertz CT molecular complexity index is 1480. The fourth-order valence-electron chi connectivity index (χ4n) is 3.77. The fourth-order valence-corrected chi connectivity index (χ4v) is 4.83. The highest BCUT2D eigenvalue weighted by Crippen LogP contribution is 2.36. The minimum absolute atomic E-state index is 0.0671. The van der Waals surface area contributed by atoms with E-state index in [1.807, 2.05) is 39.0 Å². The monoisotopic (exact) mass is 568 g/mol. The third-order valence-electron chi connectivity index (χ3n) is 5.93. The van der Waals surface area contributed by atoms with E-state index in [0.717, 1.165) is 33.9 Å². The van der Waals surface area contributed by atoms with Gasteiger partial charge >= 0.3 is 0 Å². The minimum Gasteiger partial charge on any atom is -0.490 e. The molecule has 3 aromatic rings. The first-order chi connectivity index (χ1) is 18.6. The molecule has 1 N–H and O–H groups in total. The van der Waals surface area contributed by atoms with Crippen molar-refractivity contribution in [2.75, 3.05) is 18.5 Å². The van der Waals surface area contributed by atoms with E-state index in [2.05, 4.69) is 5.32 Å². The quantitative estimate of drug-likeness (QED) is 0.287. The second-order valence-corrected chi connectivity index (χ2v) is 10.2. The van der Waals surface area contributed by atoms with Crippen LogP contribution >= 0.6 is 23.4 Å². The van der Waals surface area contributed by atoms with Crippen LogP contribution in [0.2, 0.25) is 5.02 Å². The number of ether oxygens (including phenoxy) is 2. The van der Waals surface area contributed by atoms with Gasteiger partial charge in [-0.25, -0.2) is 4.39 Å². The van der Waals surface area contributed by atoms with Gasteiger partial charge in [0.05, 0.1) is 18.1 Å². The van der Waals surface area contributed by atoms with Crippen LogP contribution in [0, 0.1) is 19.7 Å². The summed E-state index contributed by atoms with van der Waals surface area (Å²) < 4.78 is 24.8. The zero-order valence-corrected chi connectivity index (χ0v) is 23.1. The molecule has 3 amide bonds. The Kier molecular flexibility index (Phi) is 8.93. The molecule has 0 spiro atoms. The Balaban J connectivity index is 1.44. The molecule has 0 atom stereocenters. The van der Waals surface area contributed by atoms with Crippen molar-refractivity contribution in [2.45, 2.75) is 27.3 Å². The van der Waals surface area contributed by atoms with Crippen molar-refractivity contribution in [2.24, 2.45) is 0 Å². The molecule has 0 bridgehead atoms. The van der Waals surface area contributed by atoms with Crippen LogP contribution in [0.15, 0.2) is 59.5 Å². The van der Waals surface area contributed by atoms with Gasteiger partial charge in [0.1, 0.15) is 5.82 Å². The maximum Gasteiger partial charge on any atom is 0.293 e. The van der Waals surface area contributed by atoms with Crippen LogP contribution in [-0.4, -0.2) is 35.2 Å². The van der Waals surface area contributed by atoms with E-state index in [9.17, 15) is 18.8 Å². The number of nitrogens with one attached hydrogen (secondary N) is 1. The highest BCUT2D eigenvalue weighted by atomic mass is 35.5. The number of halogens is 2. The molecule has 1 heterocycles. The molecule has 10 heteroatoms. The summed E-state index contributed by atoms with van der Waals surface area (Å²) in [6.07, 6.45) is 1.58. The van der Waals surface area contributed by atoms with E-state index < -0.39 is 17.0 Å². The first-order valence-corrected chi connectivity index (χ1v) is 13.3. The first kappa shape index (κ1) is 28.2. The van der Waals surface area contributed by atoms with Crippen molar-refractivity contribution in [3.63, 3.8) is 0 Å². The van der Waals surface area contributed by atoms with Crippen LogP contribution in [0.3, 0.4) is 0 Å². The first-order valence-electron chi connectivity index (χ1n) is 12.1. The number of carbonyl (C=O) groups is 3. The number of hydrogen-bond donors (Lipinski definition) is 1. The summed E-state index contributed by atoms with van der Waals surface area (Å²) in [5, 5.41) is 2.49. The number of nitrogens with zero attached hydrogens (tertiary/aromatic N) is 1. The highest BCUT2D eigenvalue weighted by molar-refractivity contribution is 8.18. The largest absolute Gasteiger partial charge is 0.490 e. The second kappa shape index (κ2) is 12.4. The second-order valence-electron chi connectivity index (χ2n) is 8.78. The van der Waals surface area contributed by atoms with Crippen molar-refractivity contribution in [1.29, 1.82) is 0 Å². The lowest BCUT2D eigenvalue weighted by Crippen LogP contribution is -2.27. The molecule has 1 fully saturated rings. The molecule has 1 aliphatic heterocycles. The lowest BCUT2D eigenvalue weighted by Gasteiger charge is -2.14. The van der Waals surface area contributed by atoms with Crippen LogP contribution in [0.5, 0.6) is 11.5 Å². The number of imide groups is 1. The average molecular weight is 569 g/mol. The van der Waals surface area contributed by atoms with Gasteiger partial charge in [0.15, 0.2) is 18.1 Å². The lowest BCUT2D eigenvalue weighted by molar-refractivity contribution is -0.123. The van der Waals surface area contributed by atoms with E-state index in [-0.39, 0.29) is 29.0 Å². The SMILES string of the molecule is CCOc1cc(/C=C2/SC(=O)N(Cc3ccc(F)cc3Cl)C2=O)ccc1OCC(=O)Nc1ccc(C)c(C)c1. The number of benzene rings is 3. The zero-order valence-electron chi connectivity index (χ0n) is 21.5. The Labute approximate surface area is 234 Å². The van der Waals surface area contributed by atoms with Gasteiger partial charge in [-0.2, -0.15) is 0 Å². The van der Waals surface area contributed by atoms with E-state index in [1.54, 1.807) is 24.3 Å². The third-order valence-corrected chi connectivity index (χ3v) is 7.19. The Morgan fingerprint density at radius 1 is 1.03 bits per heavy atom. The summed E-state index contributed by atoms with van der Waals surface area (Å²) in [5.74, 6) is -0.547. The van der Waals surface area contributed by atoms with Gasteiger partial charge in [0, 0.05) is 10.7 Å².